The fourth-order valence-electron chi connectivity index (χ4n) is 2.42. The van der Waals surface area contributed by atoms with E-state index in [1.54, 1.807) is 7.11 Å². The summed E-state index contributed by atoms with van der Waals surface area (Å²) in [5.41, 5.74) is 2.24. The lowest BCUT2D eigenvalue weighted by Crippen LogP contribution is -2.45. The Bertz CT molecular complexity index is 572. The Balaban J connectivity index is 1.98. The number of nitrogens with zero attached hydrogens (tertiary/aromatic N) is 2. The molecule has 0 radical (unpaired) electrons. The summed E-state index contributed by atoms with van der Waals surface area (Å²) < 4.78 is 5.44. The zero-order chi connectivity index (χ0) is 17.4. The maximum Gasteiger partial charge on any atom is 0.191 e. The number of nitrogens with one attached hydrogen (secondary N) is 2. The monoisotopic (exact) mass is 330 g/mol. The van der Waals surface area contributed by atoms with Crippen molar-refractivity contribution < 1.29 is 4.74 Å². The molecule has 1 heterocycles. The van der Waals surface area contributed by atoms with Gasteiger partial charge in [0, 0.05) is 39.0 Å². The number of hydrogen-bond donors (Lipinski definition) is 2. The molecule has 0 bridgehead atoms. The zero-order valence-corrected chi connectivity index (χ0v) is 15.3. The zero-order valence-electron chi connectivity index (χ0n) is 15.3. The standard InChI is InChI=1S/C19H30N4O/c1-5-20-18(22-15-19(2,3)24-4)21-14-16-9-8-10-17(13-16)23-11-6-7-12-23/h6-10,13H,5,11-12,14-15H2,1-4H3,(H2,20,21,22). The van der Waals surface area contributed by atoms with E-state index >= 15 is 0 Å². The van der Waals surface area contributed by atoms with Crippen LogP contribution in [0.2, 0.25) is 0 Å². The van der Waals surface area contributed by atoms with Crippen LogP contribution in [0, 0.1) is 0 Å². The lowest BCUT2D eigenvalue weighted by molar-refractivity contribution is 0.0268. The van der Waals surface area contributed by atoms with Crippen molar-refractivity contribution in [2.75, 3.05) is 38.2 Å². The normalized spacial score (nSPS) is 15.0. The second-order valence-corrected chi connectivity index (χ2v) is 6.56. The molecule has 0 amide bonds. The van der Waals surface area contributed by atoms with Crippen molar-refractivity contribution in [3.8, 4) is 0 Å². The van der Waals surface area contributed by atoms with Gasteiger partial charge >= 0.3 is 0 Å². The minimum absolute atomic E-state index is 0.223. The van der Waals surface area contributed by atoms with Gasteiger partial charge in [-0.15, -0.1) is 0 Å². The van der Waals surface area contributed by atoms with Crippen LogP contribution in [0.15, 0.2) is 41.4 Å². The molecule has 1 aliphatic heterocycles. The molecule has 0 spiro atoms. The van der Waals surface area contributed by atoms with Crippen LogP contribution in [0.4, 0.5) is 5.69 Å². The summed E-state index contributed by atoms with van der Waals surface area (Å²) in [7, 11) is 1.73. The minimum Gasteiger partial charge on any atom is -0.377 e. The van der Waals surface area contributed by atoms with Crippen LogP contribution in [-0.4, -0.2) is 44.8 Å². The first kappa shape index (κ1) is 18.3. The van der Waals surface area contributed by atoms with E-state index in [0.29, 0.717) is 13.1 Å². The van der Waals surface area contributed by atoms with Gasteiger partial charge in [0.1, 0.15) is 0 Å². The summed E-state index contributed by atoms with van der Waals surface area (Å²) in [6.45, 7) is 10.3. The predicted molar refractivity (Wildman–Crippen MR) is 102 cm³/mol. The molecule has 0 saturated heterocycles. The molecule has 0 aliphatic carbocycles. The van der Waals surface area contributed by atoms with Gasteiger partial charge in [0.2, 0.25) is 0 Å². The van der Waals surface area contributed by atoms with Crippen LogP contribution in [0.25, 0.3) is 0 Å². The summed E-state index contributed by atoms with van der Waals surface area (Å²) in [5.74, 6) is 0.816. The lowest BCUT2D eigenvalue weighted by Gasteiger charge is -2.24. The third kappa shape index (κ3) is 5.57. The minimum atomic E-state index is -0.223. The molecule has 24 heavy (non-hydrogen) atoms. The van der Waals surface area contributed by atoms with Crippen molar-refractivity contribution in [3.05, 3.63) is 42.0 Å². The Morgan fingerprint density at radius 1 is 1.25 bits per heavy atom. The molecule has 1 aromatic carbocycles. The maximum absolute atomic E-state index is 5.44. The number of benzene rings is 1. The fraction of sp³-hybridized carbons (Fsp3) is 0.526. The van der Waals surface area contributed by atoms with Crippen molar-refractivity contribution >= 4 is 11.6 Å². The molecule has 0 saturated carbocycles. The van der Waals surface area contributed by atoms with Gasteiger partial charge in [0.15, 0.2) is 5.96 Å². The summed E-state index contributed by atoms with van der Waals surface area (Å²) in [6, 6.07) is 8.61. The molecular weight excluding hydrogens is 300 g/mol. The van der Waals surface area contributed by atoms with Crippen LogP contribution in [0.5, 0.6) is 0 Å². The molecule has 5 heteroatoms. The quantitative estimate of drug-likeness (QED) is 0.458. The van der Waals surface area contributed by atoms with Crippen LogP contribution in [-0.2, 0) is 11.3 Å². The first-order valence-electron chi connectivity index (χ1n) is 8.60. The highest BCUT2D eigenvalue weighted by atomic mass is 16.5. The fourth-order valence-corrected chi connectivity index (χ4v) is 2.42. The van der Waals surface area contributed by atoms with E-state index in [1.807, 2.05) is 0 Å². The van der Waals surface area contributed by atoms with E-state index in [0.717, 1.165) is 25.6 Å². The van der Waals surface area contributed by atoms with Crippen molar-refractivity contribution in [1.82, 2.24) is 10.6 Å². The van der Waals surface area contributed by atoms with Crippen LogP contribution in [0.1, 0.15) is 26.3 Å². The molecule has 0 unspecified atom stereocenters. The number of methoxy groups -OCH3 is 1. The predicted octanol–water partition coefficient (Wildman–Crippen LogP) is 2.54. The topological polar surface area (TPSA) is 48.9 Å². The molecule has 1 aliphatic rings. The van der Waals surface area contributed by atoms with Crippen molar-refractivity contribution in [2.45, 2.75) is 32.9 Å². The second-order valence-electron chi connectivity index (χ2n) is 6.56. The third-order valence-electron chi connectivity index (χ3n) is 4.09. The summed E-state index contributed by atoms with van der Waals surface area (Å²) in [6.07, 6.45) is 4.41. The highest BCUT2D eigenvalue weighted by Crippen LogP contribution is 2.18. The molecule has 132 valence electrons. The molecule has 0 aromatic heterocycles. The number of ether oxygens (including phenoxy) is 1. The van der Waals surface area contributed by atoms with E-state index in [-0.39, 0.29) is 5.60 Å². The number of anilines is 1. The van der Waals surface area contributed by atoms with E-state index in [4.69, 9.17) is 9.73 Å². The summed E-state index contributed by atoms with van der Waals surface area (Å²) >= 11 is 0. The molecule has 5 nitrogen and oxygen atoms in total. The lowest BCUT2D eigenvalue weighted by atomic mass is 10.1. The van der Waals surface area contributed by atoms with E-state index in [9.17, 15) is 0 Å². The molecule has 0 atom stereocenters. The van der Waals surface area contributed by atoms with Gasteiger partial charge in [-0.2, -0.15) is 0 Å². The largest absolute Gasteiger partial charge is 0.377 e. The molecule has 0 fully saturated rings. The number of hydrogen-bond acceptors (Lipinski definition) is 3. The maximum atomic E-state index is 5.44. The van der Waals surface area contributed by atoms with Gasteiger partial charge in [-0.3, -0.25) is 0 Å². The number of guanidine groups is 1. The van der Waals surface area contributed by atoms with Gasteiger partial charge in [-0.1, -0.05) is 24.3 Å². The van der Waals surface area contributed by atoms with Gasteiger partial charge in [0.25, 0.3) is 0 Å². The van der Waals surface area contributed by atoms with Crippen LogP contribution >= 0.6 is 0 Å². The van der Waals surface area contributed by atoms with Gasteiger partial charge in [-0.05, 0) is 38.5 Å². The first-order chi connectivity index (χ1) is 11.5. The van der Waals surface area contributed by atoms with Crippen LogP contribution in [0.3, 0.4) is 0 Å². The Hall–Kier alpha value is -2.01. The summed E-state index contributed by atoms with van der Waals surface area (Å²) in [5, 5.41) is 6.63. The summed E-state index contributed by atoms with van der Waals surface area (Å²) in [4.78, 5) is 7.04. The first-order valence-corrected chi connectivity index (χ1v) is 8.60. The molecule has 2 rings (SSSR count). The average molecular weight is 330 g/mol. The Labute approximate surface area is 145 Å². The van der Waals surface area contributed by atoms with E-state index in [1.165, 1.54) is 11.3 Å². The molecule has 2 N–H and O–H groups in total. The van der Waals surface area contributed by atoms with Crippen molar-refractivity contribution in [2.24, 2.45) is 4.99 Å². The third-order valence-corrected chi connectivity index (χ3v) is 4.09. The van der Waals surface area contributed by atoms with E-state index < -0.39 is 0 Å². The van der Waals surface area contributed by atoms with Crippen LogP contribution < -0.4 is 15.5 Å². The van der Waals surface area contributed by atoms with Gasteiger partial charge in [0.05, 0.1) is 12.1 Å². The highest BCUT2D eigenvalue weighted by molar-refractivity contribution is 5.79. The molecule has 1 aromatic rings. The molecular formula is C19H30N4O. The van der Waals surface area contributed by atoms with E-state index in [2.05, 4.69) is 72.7 Å². The second kappa shape index (κ2) is 8.73. The highest BCUT2D eigenvalue weighted by Gasteiger charge is 2.16. The Morgan fingerprint density at radius 2 is 2.00 bits per heavy atom. The SMILES string of the molecule is CCNC(=NCc1cccc(N2CC=CC2)c1)NCC(C)(C)OC. The Kier molecular flexibility index (Phi) is 6.67. The van der Waals surface area contributed by atoms with Crippen molar-refractivity contribution in [3.63, 3.8) is 0 Å². The van der Waals surface area contributed by atoms with Crippen molar-refractivity contribution in [1.29, 1.82) is 0 Å². The number of aliphatic imine (C=N–C) groups is 1. The number of rotatable bonds is 7. The van der Waals surface area contributed by atoms with Gasteiger partial charge < -0.3 is 20.3 Å². The average Bonchev–Trinajstić information content (AvgIpc) is 3.12. The Morgan fingerprint density at radius 3 is 2.67 bits per heavy atom. The van der Waals surface area contributed by atoms with Gasteiger partial charge in [-0.25, -0.2) is 4.99 Å². The smallest absolute Gasteiger partial charge is 0.191 e.